The van der Waals surface area contributed by atoms with Crippen molar-refractivity contribution in [2.45, 2.75) is 26.3 Å². The second-order valence-corrected chi connectivity index (χ2v) is 6.68. The average Bonchev–Trinajstić information content (AvgIpc) is 2.98. The van der Waals surface area contributed by atoms with Gasteiger partial charge in [-0.05, 0) is 50.4 Å². The molecule has 2 aromatic rings. The number of hydrogen-bond acceptors (Lipinski definition) is 5. The molecule has 130 valence electrons. The number of aromatic amines is 1. The molecule has 2 heterocycles. The van der Waals surface area contributed by atoms with E-state index in [1.165, 1.54) is 6.07 Å². The SMILES string of the molecule is C[C@@H]1CNCC[C@@H]1[C@H](C)Nc1cc(-c2n[nH]c(=O)o2)cc(F)c1Cl. The largest absolute Gasteiger partial charge is 0.434 e. The molecule has 0 bridgehead atoms. The first-order valence-corrected chi connectivity index (χ1v) is 8.35. The van der Waals surface area contributed by atoms with E-state index < -0.39 is 11.6 Å². The summed E-state index contributed by atoms with van der Waals surface area (Å²) in [5.74, 6) is -0.282. The second-order valence-electron chi connectivity index (χ2n) is 6.30. The maximum atomic E-state index is 14.2. The maximum absolute atomic E-state index is 14.2. The van der Waals surface area contributed by atoms with E-state index in [2.05, 4.69) is 34.7 Å². The van der Waals surface area contributed by atoms with E-state index in [9.17, 15) is 9.18 Å². The molecule has 1 fully saturated rings. The number of benzene rings is 1. The Morgan fingerprint density at radius 3 is 2.96 bits per heavy atom. The van der Waals surface area contributed by atoms with E-state index >= 15 is 0 Å². The standard InChI is InChI=1S/C16H20ClFN4O2/c1-8-7-19-4-3-11(8)9(2)20-13-6-10(5-12(18)14(13)17)15-21-22-16(23)24-15/h5-6,8-9,11,19-20H,3-4,7H2,1-2H3,(H,22,23)/t8-,9+,11+/m1/s1. The van der Waals surface area contributed by atoms with Crippen LogP contribution in [0.5, 0.6) is 0 Å². The fourth-order valence-corrected chi connectivity index (χ4v) is 3.46. The Kier molecular flexibility index (Phi) is 4.91. The molecule has 1 aliphatic rings. The molecule has 1 aromatic carbocycles. The van der Waals surface area contributed by atoms with E-state index in [-0.39, 0.29) is 17.0 Å². The van der Waals surface area contributed by atoms with Gasteiger partial charge in [-0.25, -0.2) is 14.3 Å². The van der Waals surface area contributed by atoms with Crippen molar-refractivity contribution in [3.8, 4) is 11.5 Å². The summed E-state index contributed by atoms with van der Waals surface area (Å²) in [6, 6.07) is 2.97. The van der Waals surface area contributed by atoms with Crippen LogP contribution in [0.15, 0.2) is 21.3 Å². The molecule has 1 aromatic heterocycles. The van der Waals surface area contributed by atoms with E-state index in [0.717, 1.165) is 19.5 Å². The Morgan fingerprint density at radius 1 is 1.50 bits per heavy atom. The zero-order valence-electron chi connectivity index (χ0n) is 13.5. The highest BCUT2D eigenvalue weighted by atomic mass is 35.5. The van der Waals surface area contributed by atoms with Gasteiger partial charge in [-0.1, -0.05) is 18.5 Å². The number of anilines is 1. The van der Waals surface area contributed by atoms with Crippen molar-refractivity contribution in [1.82, 2.24) is 15.5 Å². The van der Waals surface area contributed by atoms with Gasteiger partial charge in [0.05, 0.1) is 10.7 Å². The number of halogens is 2. The number of piperidine rings is 1. The van der Waals surface area contributed by atoms with Crippen molar-refractivity contribution >= 4 is 17.3 Å². The van der Waals surface area contributed by atoms with E-state index in [4.69, 9.17) is 16.0 Å². The second kappa shape index (κ2) is 6.94. The van der Waals surface area contributed by atoms with Gasteiger partial charge in [0.25, 0.3) is 0 Å². The zero-order chi connectivity index (χ0) is 17.3. The molecule has 3 rings (SSSR count). The highest BCUT2D eigenvalue weighted by Gasteiger charge is 2.27. The molecule has 1 saturated heterocycles. The third-order valence-electron chi connectivity index (χ3n) is 4.59. The molecule has 24 heavy (non-hydrogen) atoms. The lowest BCUT2D eigenvalue weighted by molar-refractivity contribution is 0.250. The van der Waals surface area contributed by atoms with Gasteiger partial charge in [0.1, 0.15) is 5.82 Å². The smallest absolute Gasteiger partial charge is 0.388 e. The van der Waals surface area contributed by atoms with Crippen molar-refractivity contribution in [1.29, 1.82) is 0 Å². The number of hydrogen-bond donors (Lipinski definition) is 3. The fourth-order valence-electron chi connectivity index (χ4n) is 3.30. The number of nitrogens with zero attached hydrogens (tertiary/aromatic N) is 1. The minimum absolute atomic E-state index is 0.0186. The highest BCUT2D eigenvalue weighted by molar-refractivity contribution is 6.33. The summed E-state index contributed by atoms with van der Waals surface area (Å²) in [6.45, 7) is 6.22. The monoisotopic (exact) mass is 354 g/mol. The van der Waals surface area contributed by atoms with Gasteiger partial charge in [-0.15, -0.1) is 5.10 Å². The van der Waals surface area contributed by atoms with Crippen molar-refractivity contribution in [3.63, 3.8) is 0 Å². The summed E-state index contributed by atoms with van der Waals surface area (Å²) in [4.78, 5) is 11.1. The molecular weight excluding hydrogens is 335 g/mol. The van der Waals surface area contributed by atoms with Crippen LogP contribution in [-0.4, -0.2) is 29.3 Å². The summed E-state index contributed by atoms with van der Waals surface area (Å²) >= 11 is 6.11. The fraction of sp³-hybridized carbons (Fsp3) is 0.500. The van der Waals surface area contributed by atoms with Crippen LogP contribution in [0.3, 0.4) is 0 Å². The van der Waals surface area contributed by atoms with Gasteiger partial charge in [0.15, 0.2) is 0 Å². The zero-order valence-corrected chi connectivity index (χ0v) is 14.3. The van der Waals surface area contributed by atoms with Crippen LogP contribution in [0.1, 0.15) is 20.3 Å². The highest BCUT2D eigenvalue weighted by Crippen LogP contribution is 2.33. The van der Waals surface area contributed by atoms with Gasteiger partial charge >= 0.3 is 5.76 Å². The Morgan fingerprint density at radius 2 is 2.29 bits per heavy atom. The summed E-state index contributed by atoms with van der Waals surface area (Å²) < 4.78 is 19.1. The first kappa shape index (κ1) is 17.0. The maximum Gasteiger partial charge on any atom is 0.434 e. The minimum Gasteiger partial charge on any atom is -0.388 e. The molecule has 6 nitrogen and oxygen atoms in total. The number of aromatic nitrogens is 2. The van der Waals surface area contributed by atoms with Crippen LogP contribution >= 0.6 is 11.6 Å². The van der Waals surface area contributed by atoms with Gasteiger partial charge in [0.2, 0.25) is 5.89 Å². The summed E-state index contributed by atoms with van der Waals surface area (Å²) in [5, 5.41) is 12.6. The number of nitrogens with one attached hydrogen (secondary N) is 3. The Balaban J connectivity index is 1.86. The van der Waals surface area contributed by atoms with Crippen molar-refractivity contribution in [2.75, 3.05) is 18.4 Å². The quantitative estimate of drug-likeness (QED) is 0.786. The lowest BCUT2D eigenvalue weighted by Crippen LogP contribution is -2.42. The van der Waals surface area contributed by atoms with Crippen LogP contribution in [0.4, 0.5) is 10.1 Å². The molecule has 1 aliphatic heterocycles. The Bertz CT molecular complexity index is 776. The molecule has 3 N–H and O–H groups in total. The normalized spacial score (nSPS) is 22.3. The van der Waals surface area contributed by atoms with Gasteiger partial charge in [-0.2, -0.15) is 0 Å². The number of rotatable bonds is 4. The minimum atomic E-state index is -0.688. The summed E-state index contributed by atoms with van der Waals surface area (Å²) in [6.07, 6.45) is 1.05. The van der Waals surface area contributed by atoms with E-state index in [1.807, 2.05) is 0 Å². The molecule has 8 heteroatoms. The predicted octanol–water partition coefficient (Wildman–Crippen LogP) is 2.87. The van der Waals surface area contributed by atoms with Crippen molar-refractivity contribution < 1.29 is 8.81 Å². The lowest BCUT2D eigenvalue weighted by atomic mass is 9.82. The van der Waals surface area contributed by atoms with Crippen molar-refractivity contribution in [3.05, 3.63) is 33.5 Å². The summed E-state index contributed by atoms with van der Waals surface area (Å²) in [7, 11) is 0. The van der Waals surface area contributed by atoms with Crippen LogP contribution < -0.4 is 16.4 Å². The van der Waals surface area contributed by atoms with Crippen LogP contribution in [-0.2, 0) is 0 Å². The average molecular weight is 355 g/mol. The molecule has 0 radical (unpaired) electrons. The Labute approximate surface area is 143 Å². The van der Waals surface area contributed by atoms with E-state index in [1.54, 1.807) is 6.07 Å². The Hall–Kier alpha value is -1.86. The third-order valence-corrected chi connectivity index (χ3v) is 4.97. The first-order chi connectivity index (χ1) is 11.5. The van der Waals surface area contributed by atoms with Gasteiger partial charge in [-0.3, -0.25) is 0 Å². The number of H-pyrrole nitrogens is 1. The van der Waals surface area contributed by atoms with Gasteiger partial charge < -0.3 is 15.1 Å². The third kappa shape index (κ3) is 3.47. The van der Waals surface area contributed by atoms with Crippen LogP contribution in [0.2, 0.25) is 5.02 Å². The topological polar surface area (TPSA) is 83.0 Å². The van der Waals surface area contributed by atoms with Gasteiger partial charge in [0, 0.05) is 11.6 Å². The summed E-state index contributed by atoms with van der Waals surface area (Å²) in [5.41, 5.74) is 0.818. The molecule has 0 amide bonds. The van der Waals surface area contributed by atoms with Crippen LogP contribution in [0, 0.1) is 17.7 Å². The van der Waals surface area contributed by atoms with E-state index in [0.29, 0.717) is 23.1 Å². The predicted molar refractivity (Wildman–Crippen MR) is 90.8 cm³/mol. The molecule has 0 saturated carbocycles. The molecule has 3 atom stereocenters. The molecule has 0 aliphatic carbocycles. The first-order valence-electron chi connectivity index (χ1n) is 7.98. The van der Waals surface area contributed by atoms with Crippen molar-refractivity contribution in [2.24, 2.45) is 11.8 Å². The lowest BCUT2D eigenvalue weighted by Gasteiger charge is -2.35. The molecule has 0 spiro atoms. The van der Waals surface area contributed by atoms with Crippen LogP contribution in [0.25, 0.3) is 11.5 Å². The molecular formula is C16H20ClFN4O2. The molecule has 0 unspecified atom stereocenters.